The van der Waals surface area contributed by atoms with E-state index in [4.69, 9.17) is 0 Å². The van der Waals surface area contributed by atoms with Crippen LogP contribution in [-0.2, 0) is 11.2 Å². The second kappa shape index (κ2) is 6.39. The van der Waals surface area contributed by atoms with Gasteiger partial charge in [0.15, 0.2) is 0 Å². The van der Waals surface area contributed by atoms with E-state index in [0.29, 0.717) is 22.1 Å². The van der Waals surface area contributed by atoms with Crippen molar-refractivity contribution in [2.45, 2.75) is 27.2 Å². The predicted molar refractivity (Wildman–Crippen MR) is 87.1 cm³/mol. The number of anilines is 1. The van der Waals surface area contributed by atoms with Crippen LogP contribution >= 0.6 is 15.9 Å². The molecule has 0 aliphatic heterocycles. The summed E-state index contributed by atoms with van der Waals surface area (Å²) in [6, 6.07) is 8.97. The lowest BCUT2D eigenvalue weighted by atomic mass is 10.0. The number of halogens is 2. The summed E-state index contributed by atoms with van der Waals surface area (Å²) in [7, 11) is 0. The number of rotatable bonds is 3. The highest BCUT2D eigenvalue weighted by Crippen LogP contribution is 2.24. The fourth-order valence-electron chi connectivity index (χ4n) is 2.07. The average molecular weight is 350 g/mol. The van der Waals surface area contributed by atoms with Gasteiger partial charge in [-0.2, -0.15) is 0 Å². The van der Waals surface area contributed by atoms with Crippen molar-refractivity contribution >= 4 is 27.5 Å². The van der Waals surface area contributed by atoms with Crippen molar-refractivity contribution in [2.24, 2.45) is 0 Å². The van der Waals surface area contributed by atoms with Crippen LogP contribution in [0, 0.1) is 26.6 Å². The van der Waals surface area contributed by atoms with Crippen LogP contribution in [0.2, 0.25) is 0 Å². The first kappa shape index (κ1) is 15.7. The highest BCUT2D eigenvalue weighted by atomic mass is 79.9. The van der Waals surface area contributed by atoms with Crippen molar-refractivity contribution < 1.29 is 9.18 Å². The Kier molecular flexibility index (Phi) is 4.78. The topological polar surface area (TPSA) is 29.1 Å². The van der Waals surface area contributed by atoms with Crippen LogP contribution in [0.3, 0.4) is 0 Å². The number of hydrogen-bond acceptors (Lipinski definition) is 1. The van der Waals surface area contributed by atoms with E-state index >= 15 is 0 Å². The monoisotopic (exact) mass is 349 g/mol. The molecule has 0 saturated heterocycles. The number of carbonyl (C=O) groups is 1. The molecule has 0 fully saturated rings. The molecule has 0 aliphatic rings. The van der Waals surface area contributed by atoms with Crippen LogP contribution < -0.4 is 5.32 Å². The van der Waals surface area contributed by atoms with Gasteiger partial charge < -0.3 is 5.32 Å². The van der Waals surface area contributed by atoms with Gasteiger partial charge in [0.1, 0.15) is 5.82 Å². The van der Waals surface area contributed by atoms with Gasteiger partial charge >= 0.3 is 0 Å². The summed E-state index contributed by atoms with van der Waals surface area (Å²) in [5.74, 6) is -0.445. The lowest BCUT2D eigenvalue weighted by molar-refractivity contribution is -0.115. The van der Waals surface area contributed by atoms with E-state index in [1.165, 1.54) is 17.2 Å². The number of aryl methyl sites for hydroxylation is 3. The third kappa shape index (κ3) is 3.91. The normalized spacial score (nSPS) is 10.5. The molecule has 0 saturated carbocycles. The van der Waals surface area contributed by atoms with Crippen molar-refractivity contribution in [3.05, 3.63) is 62.9 Å². The number of amides is 1. The van der Waals surface area contributed by atoms with Gasteiger partial charge in [-0.1, -0.05) is 18.2 Å². The Morgan fingerprint density at radius 3 is 2.48 bits per heavy atom. The van der Waals surface area contributed by atoms with Gasteiger partial charge in [-0.3, -0.25) is 4.79 Å². The van der Waals surface area contributed by atoms with E-state index < -0.39 is 0 Å². The smallest absolute Gasteiger partial charge is 0.228 e. The van der Waals surface area contributed by atoms with Gasteiger partial charge in [-0.05, 0) is 71.1 Å². The molecule has 2 aromatic rings. The molecule has 2 rings (SSSR count). The maximum absolute atomic E-state index is 13.4. The number of carbonyl (C=O) groups excluding carboxylic acids is 1. The molecule has 0 atom stereocenters. The zero-order valence-corrected chi connectivity index (χ0v) is 13.8. The van der Waals surface area contributed by atoms with E-state index in [-0.39, 0.29) is 11.7 Å². The Morgan fingerprint density at radius 2 is 1.81 bits per heavy atom. The van der Waals surface area contributed by atoms with Gasteiger partial charge in [0.05, 0.1) is 10.9 Å². The second-order valence-electron chi connectivity index (χ2n) is 5.22. The summed E-state index contributed by atoms with van der Waals surface area (Å²) < 4.78 is 13.7. The lowest BCUT2D eigenvalue weighted by Gasteiger charge is -2.10. The quantitative estimate of drug-likeness (QED) is 0.855. The molecule has 0 heterocycles. The minimum Gasteiger partial charge on any atom is -0.326 e. The first-order valence-electron chi connectivity index (χ1n) is 6.68. The Labute approximate surface area is 132 Å². The van der Waals surface area contributed by atoms with Crippen molar-refractivity contribution in [3.63, 3.8) is 0 Å². The maximum Gasteiger partial charge on any atom is 0.228 e. The van der Waals surface area contributed by atoms with Crippen LogP contribution in [-0.4, -0.2) is 5.91 Å². The number of nitrogens with one attached hydrogen (secondary N) is 1. The predicted octanol–water partition coefficient (Wildman–Crippen LogP) is 4.69. The molecule has 1 N–H and O–H groups in total. The molecular weight excluding hydrogens is 333 g/mol. The molecule has 0 spiro atoms. The second-order valence-corrected chi connectivity index (χ2v) is 6.08. The Bertz CT molecular complexity index is 697. The summed E-state index contributed by atoms with van der Waals surface area (Å²) in [6.07, 6.45) is 0.301. The molecule has 0 bridgehead atoms. The van der Waals surface area contributed by atoms with Crippen LogP contribution in [0.4, 0.5) is 10.1 Å². The van der Waals surface area contributed by atoms with Crippen molar-refractivity contribution in [1.29, 1.82) is 0 Å². The van der Waals surface area contributed by atoms with Crippen molar-refractivity contribution in [1.82, 2.24) is 0 Å². The molecule has 2 nitrogen and oxygen atoms in total. The van der Waals surface area contributed by atoms with Gasteiger partial charge in [0.2, 0.25) is 5.91 Å². The third-order valence-corrected chi connectivity index (χ3v) is 4.09. The van der Waals surface area contributed by atoms with E-state index in [0.717, 1.165) is 5.56 Å². The molecule has 0 aliphatic carbocycles. The minimum atomic E-state index is -0.334. The largest absolute Gasteiger partial charge is 0.326 e. The van der Waals surface area contributed by atoms with Crippen LogP contribution in [0.15, 0.2) is 34.8 Å². The summed E-state index contributed by atoms with van der Waals surface area (Å²) >= 11 is 3.13. The molecule has 0 radical (unpaired) electrons. The van der Waals surface area contributed by atoms with Crippen LogP contribution in [0.25, 0.3) is 0 Å². The fraction of sp³-hybridized carbons (Fsp3) is 0.235. The Hall–Kier alpha value is -1.68. The van der Waals surface area contributed by atoms with Crippen molar-refractivity contribution in [2.75, 3.05) is 5.32 Å². The molecule has 1 amide bonds. The summed E-state index contributed by atoms with van der Waals surface area (Å²) in [5, 5.41) is 2.83. The highest BCUT2D eigenvalue weighted by molar-refractivity contribution is 9.10. The van der Waals surface area contributed by atoms with E-state index in [9.17, 15) is 9.18 Å². The molecule has 4 heteroatoms. The third-order valence-electron chi connectivity index (χ3n) is 3.48. The molecule has 21 heavy (non-hydrogen) atoms. The SMILES string of the molecule is Cc1ccc(CC(=O)Nc2cc(Br)c(F)cc2C)cc1C. The number of benzene rings is 2. The molecule has 2 aromatic carbocycles. The minimum absolute atomic E-state index is 0.111. The standard InChI is InChI=1S/C17H17BrFNO/c1-10-4-5-13(6-11(10)2)8-17(21)20-16-9-14(18)15(19)7-12(16)3/h4-7,9H,8H2,1-3H3,(H,20,21). The first-order valence-corrected chi connectivity index (χ1v) is 7.47. The summed E-state index contributed by atoms with van der Waals surface area (Å²) in [4.78, 5) is 12.1. The first-order chi connectivity index (χ1) is 9.86. The number of hydrogen-bond donors (Lipinski definition) is 1. The lowest BCUT2D eigenvalue weighted by Crippen LogP contribution is -2.15. The molecule has 0 aromatic heterocycles. The maximum atomic E-state index is 13.4. The summed E-state index contributed by atoms with van der Waals surface area (Å²) in [6.45, 7) is 5.83. The zero-order chi connectivity index (χ0) is 15.6. The van der Waals surface area contributed by atoms with Gasteiger partial charge in [0.25, 0.3) is 0 Å². The van der Waals surface area contributed by atoms with E-state index in [1.807, 2.05) is 32.0 Å². The van der Waals surface area contributed by atoms with Crippen LogP contribution in [0.1, 0.15) is 22.3 Å². The van der Waals surface area contributed by atoms with Crippen LogP contribution in [0.5, 0.6) is 0 Å². The van der Waals surface area contributed by atoms with Crippen molar-refractivity contribution in [3.8, 4) is 0 Å². The van der Waals surface area contributed by atoms with E-state index in [1.54, 1.807) is 13.0 Å². The Morgan fingerprint density at radius 1 is 1.10 bits per heavy atom. The average Bonchev–Trinajstić information content (AvgIpc) is 2.40. The highest BCUT2D eigenvalue weighted by Gasteiger charge is 2.09. The van der Waals surface area contributed by atoms with Gasteiger partial charge in [-0.25, -0.2) is 4.39 Å². The zero-order valence-electron chi connectivity index (χ0n) is 12.3. The molecule has 0 unspecified atom stereocenters. The Balaban J connectivity index is 2.11. The fourth-order valence-corrected chi connectivity index (χ4v) is 2.42. The molecular formula is C17H17BrFNO. The van der Waals surface area contributed by atoms with E-state index in [2.05, 4.69) is 21.2 Å². The van der Waals surface area contributed by atoms with Gasteiger partial charge in [-0.15, -0.1) is 0 Å². The summed E-state index contributed by atoms with van der Waals surface area (Å²) in [5.41, 5.74) is 4.66. The van der Waals surface area contributed by atoms with Gasteiger partial charge in [0, 0.05) is 5.69 Å². The molecule has 110 valence electrons.